The van der Waals surface area contributed by atoms with Crippen LogP contribution in [0.5, 0.6) is 0 Å². The molecule has 3 atom stereocenters. The van der Waals surface area contributed by atoms with Gasteiger partial charge in [-0.15, -0.1) is 0 Å². The van der Waals surface area contributed by atoms with E-state index in [1.165, 1.54) is 11.8 Å². The SMILES string of the molecule is NC(CSC1CCCCC1O)C(=O)O. The zero-order valence-corrected chi connectivity index (χ0v) is 8.87. The minimum absolute atomic E-state index is 0.175. The van der Waals surface area contributed by atoms with Crippen LogP contribution in [0, 0.1) is 0 Å². The Morgan fingerprint density at radius 3 is 2.71 bits per heavy atom. The Bertz CT molecular complexity index is 200. The lowest BCUT2D eigenvalue weighted by atomic mass is 9.97. The molecule has 1 aliphatic rings. The van der Waals surface area contributed by atoms with Crippen molar-refractivity contribution in [3.63, 3.8) is 0 Å². The molecule has 4 nitrogen and oxygen atoms in total. The summed E-state index contributed by atoms with van der Waals surface area (Å²) in [6.45, 7) is 0. The number of carboxylic acid groups (broad SMARTS) is 1. The third kappa shape index (κ3) is 3.48. The highest BCUT2D eigenvalue weighted by atomic mass is 32.2. The molecule has 1 rings (SSSR count). The molecule has 3 unspecified atom stereocenters. The first-order valence-corrected chi connectivity index (χ1v) is 5.94. The molecule has 0 amide bonds. The van der Waals surface area contributed by atoms with Crippen molar-refractivity contribution in [1.29, 1.82) is 0 Å². The number of thioether (sulfide) groups is 1. The van der Waals surface area contributed by atoms with E-state index in [0.717, 1.165) is 25.7 Å². The van der Waals surface area contributed by atoms with Gasteiger partial charge in [0.2, 0.25) is 0 Å². The van der Waals surface area contributed by atoms with Gasteiger partial charge >= 0.3 is 5.97 Å². The van der Waals surface area contributed by atoms with Gasteiger partial charge in [-0.1, -0.05) is 12.8 Å². The molecular weight excluding hydrogens is 202 g/mol. The molecular formula is C9H17NO3S. The zero-order valence-electron chi connectivity index (χ0n) is 8.06. The van der Waals surface area contributed by atoms with Crippen LogP contribution in [0.3, 0.4) is 0 Å². The minimum atomic E-state index is -0.970. The lowest BCUT2D eigenvalue weighted by Crippen LogP contribution is -2.35. The molecule has 5 heteroatoms. The van der Waals surface area contributed by atoms with Crippen molar-refractivity contribution in [2.75, 3.05) is 5.75 Å². The van der Waals surface area contributed by atoms with Gasteiger partial charge in [0.15, 0.2) is 0 Å². The van der Waals surface area contributed by atoms with E-state index in [2.05, 4.69) is 0 Å². The van der Waals surface area contributed by atoms with Gasteiger partial charge in [-0.2, -0.15) is 11.8 Å². The fraction of sp³-hybridized carbons (Fsp3) is 0.889. The van der Waals surface area contributed by atoms with Crippen LogP contribution in [0.1, 0.15) is 25.7 Å². The second-order valence-electron chi connectivity index (χ2n) is 3.67. The fourth-order valence-electron chi connectivity index (χ4n) is 1.57. The molecule has 0 saturated heterocycles. The molecule has 0 spiro atoms. The summed E-state index contributed by atoms with van der Waals surface area (Å²) in [6.07, 6.45) is 3.72. The van der Waals surface area contributed by atoms with Crippen molar-refractivity contribution < 1.29 is 15.0 Å². The second-order valence-corrected chi connectivity index (χ2v) is 4.94. The fourth-order valence-corrected chi connectivity index (χ4v) is 2.86. The standard InChI is InChI=1S/C9H17NO3S/c10-6(9(12)13)5-14-8-4-2-1-3-7(8)11/h6-8,11H,1-5,10H2,(H,12,13). The highest BCUT2D eigenvalue weighted by Gasteiger charge is 2.24. The first kappa shape index (κ1) is 11.8. The van der Waals surface area contributed by atoms with Gasteiger partial charge in [0.25, 0.3) is 0 Å². The van der Waals surface area contributed by atoms with E-state index < -0.39 is 12.0 Å². The van der Waals surface area contributed by atoms with Crippen molar-refractivity contribution >= 4 is 17.7 Å². The number of aliphatic carboxylic acids is 1. The Morgan fingerprint density at radius 2 is 2.14 bits per heavy atom. The van der Waals surface area contributed by atoms with Gasteiger partial charge < -0.3 is 15.9 Å². The van der Waals surface area contributed by atoms with Crippen LogP contribution >= 0.6 is 11.8 Å². The van der Waals surface area contributed by atoms with Gasteiger partial charge in [0.05, 0.1) is 6.10 Å². The van der Waals surface area contributed by atoms with E-state index in [1.807, 2.05) is 0 Å². The molecule has 14 heavy (non-hydrogen) atoms. The molecule has 1 aliphatic carbocycles. The monoisotopic (exact) mass is 219 g/mol. The molecule has 1 saturated carbocycles. The molecule has 0 aromatic rings. The van der Waals surface area contributed by atoms with Crippen LogP contribution in [0.2, 0.25) is 0 Å². The Balaban J connectivity index is 2.25. The zero-order chi connectivity index (χ0) is 10.6. The predicted molar refractivity (Wildman–Crippen MR) is 56.3 cm³/mol. The highest BCUT2D eigenvalue weighted by Crippen LogP contribution is 2.28. The number of carboxylic acids is 1. The summed E-state index contributed by atoms with van der Waals surface area (Å²) in [5, 5.41) is 18.4. The van der Waals surface area contributed by atoms with E-state index in [0.29, 0.717) is 5.75 Å². The number of rotatable bonds is 4. The summed E-state index contributed by atoms with van der Waals surface area (Å²) in [4.78, 5) is 10.5. The van der Waals surface area contributed by atoms with E-state index in [-0.39, 0.29) is 11.4 Å². The maximum atomic E-state index is 10.5. The van der Waals surface area contributed by atoms with Crippen LogP contribution in [-0.4, -0.2) is 39.3 Å². The van der Waals surface area contributed by atoms with Crippen molar-refractivity contribution in [3.05, 3.63) is 0 Å². The number of aliphatic hydroxyl groups is 1. The van der Waals surface area contributed by atoms with Crippen LogP contribution in [0.15, 0.2) is 0 Å². The Morgan fingerprint density at radius 1 is 1.50 bits per heavy atom. The lowest BCUT2D eigenvalue weighted by Gasteiger charge is -2.27. The van der Waals surface area contributed by atoms with Crippen molar-refractivity contribution in [1.82, 2.24) is 0 Å². The summed E-state index contributed by atoms with van der Waals surface area (Å²) < 4.78 is 0. The maximum Gasteiger partial charge on any atom is 0.321 e. The number of hydrogen-bond donors (Lipinski definition) is 3. The smallest absolute Gasteiger partial charge is 0.321 e. The van der Waals surface area contributed by atoms with Crippen molar-refractivity contribution in [2.45, 2.75) is 43.1 Å². The molecule has 0 aliphatic heterocycles. The number of nitrogens with two attached hydrogens (primary N) is 1. The van der Waals surface area contributed by atoms with Crippen LogP contribution < -0.4 is 5.73 Å². The van der Waals surface area contributed by atoms with E-state index in [9.17, 15) is 9.90 Å². The summed E-state index contributed by atoms with van der Waals surface area (Å²) in [5.41, 5.74) is 5.38. The normalized spacial score (nSPS) is 29.9. The van der Waals surface area contributed by atoms with E-state index >= 15 is 0 Å². The predicted octanol–water partition coefficient (Wildman–Crippen LogP) is 0.435. The molecule has 4 N–H and O–H groups in total. The summed E-state index contributed by atoms with van der Waals surface area (Å²) in [7, 11) is 0. The molecule has 0 aromatic heterocycles. The molecule has 0 bridgehead atoms. The quantitative estimate of drug-likeness (QED) is 0.639. The largest absolute Gasteiger partial charge is 0.480 e. The van der Waals surface area contributed by atoms with E-state index in [1.54, 1.807) is 0 Å². The topological polar surface area (TPSA) is 83.5 Å². The first-order valence-electron chi connectivity index (χ1n) is 4.89. The average molecular weight is 219 g/mol. The van der Waals surface area contributed by atoms with Gasteiger partial charge in [-0.3, -0.25) is 4.79 Å². The van der Waals surface area contributed by atoms with Crippen LogP contribution in [0.25, 0.3) is 0 Å². The van der Waals surface area contributed by atoms with Gasteiger partial charge in [-0.25, -0.2) is 0 Å². The Kier molecular flexibility index (Phi) is 4.71. The molecule has 0 aromatic carbocycles. The maximum absolute atomic E-state index is 10.5. The van der Waals surface area contributed by atoms with Gasteiger partial charge in [0.1, 0.15) is 6.04 Å². The summed E-state index contributed by atoms with van der Waals surface area (Å²) >= 11 is 1.49. The van der Waals surface area contributed by atoms with E-state index in [4.69, 9.17) is 10.8 Å². The third-order valence-corrected chi connectivity index (χ3v) is 4.00. The molecule has 0 radical (unpaired) electrons. The lowest BCUT2D eigenvalue weighted by molar-refractivity contribution is -0.137. The molecule has 0 heterocycles. The van der Waals surface area contributed by atoms with Gasteiger partial charge in [0, 0.05) is 11.0 Å². The first-order chi connectivity index (χ1) is 6.61. The minimum Gasteiger partial charge on any atom is -0.480 e. The Hall–Kier alpha value is -0.260. The van der Waals surface area contributed by atoms with Crippen molar-refractivity contribution in [2.24, 2.45) is 5.73 Å². The van der Waals surface area contributed by atoms with Crippen molar-refractivity contribution in [3.8, 4) is 0 Å². The molecule has 82 valence electrons. The molecule has 1 fully saturated rings. The average Bonchev–Trinajstić information content (AvgIpc) is 2.16. The van der Waals surface area contributed by atoms with Crippen LogP contribution in [-0.2, 0) is 4.79 Å². The second kappa shape index (κ2) is 5.58. The highest BCUT2D eigenvalue weighted by molar-refractivity contribution is 8.00. The van der Waals surface area contributed by atoms with Gasteiger partial charge in [-0.05, 0) is 12.8 Å². The number of hydrogen-bond acceptors (Lipinski definition) is 4. The summed E-state index contributed by atoms with van der Waals surface area (Å²) in [6, 6.07) is -0.811. The van der Waals surface area contributed by atoms with Crippen LogP contribution in [0.4, 0.5) is 0 Å². The third-order valence-electron chi connectivity index (χ3n) is 2.47. The number of carbonyl (C=O) groups is 1. The number of aliphatic hydroxyl groups excluding tert-OH is 1. The summed E-state index contributed by atoms with van der Waals surface area (Å²) in [5.74, 6) is -0.584. The Labute approximate surface area is 87.9 Å².